The molecular formula is C12H21NO2. The Morgan fingerprint density at radius 3 is 2.07 bits per heavy atom. The van der Waals surface area contributed by atoms with Crippen LogP contribution in [0.5, 0.6) is 0 Å². The van der Waals surface area contributed by atoms with Gasteiger partial charge in [-0.3, -0.25) is 9.59 Å². The van der Waals surface area contributed by atoms with Crippen molar-refractivity contribution in [3.63, 3.8) is 0 Å². The standard InChI is InChI=1S/C12H21NO2/c1-8(2)10(15)12(5,13-9(3)14)11(4)6-7-11/h8H,6-7H2,1-5H3,(H,13,14)/t12-/m0/s1. The van der Waals surface area contributed by atoms with Gasteiger partial charge in [-0.1, -0.05) is 20.8 Å². The quantitative estimate of drug-likeness (QED) is 0.772. The molecule has 0 saturated heterocycles. The molecule has 1 atom stereocenters. The van der Waals surface area contributed by atoms with Crippen LogP contribution in [0.2, 0.25) is 0 Å². The molecule has 3 heteroatoms. The van der Waals surface area contributed by atoms with Gasteiger partial charge in [0.25, 0.3) is 0 Å². The zero-order valence-corrected chi connectivity index (χ0v) is 10.3. The fraction of sp³-hybridized carbons (Fsp3) is 0.833. The zero-order valence-electron chi connectivity index (χ0n) is 10.3. The smallest absolute Gasteiger partial charge is 0.217 e. The van der Waals surface area contributed by atoms with Crippen molar-refractivity contribution in [3.05, 3.63) is 0 Å². The van der Waals surface area contributed by atoms with Crippen LogP contribution in [0.3, 0.4) is 0 Å². The molecule has 0 aromatic carbocycles. The van der Waals surface area contributed by atoms with Crippen molar-refractivity contribution in [3.8, 4) is 0 Å². The summed E-state index contributed by atoms with van der Waals surface area (Å²) in [4.78, 5) is 23.4. The molecule has 86 valence electrons. The van der Waals surface area contributed by atoms with Crippen molar-refractivity contribution in [2.45, 2.75) is 53.0 Å². The van der Waals surface area contributed by atoms with Crippen LogP contribution in [0.1, 0.15) is 47.5 Å². The van der Waals surface area contributed by atoms with E-state index in [-0.39, 0.29) is 23.0 Å². The second-order valence-electron chi connectivity index (χ2n) is 5.39. The summed E-state index contributed by atoms with van der Waals surface area (Å²) in [6.45, 7) is 9.17. The van der Waals surface area contributed by atoms with E-state index >= 15 is 0 Å². The molecule has 0 aromatic rings. The molecular weight excluding hydrogens is 190 g/mol. The lowest BCUT2D eigenvalue weighted by Gasteiger charge is -2.36. The van der Waals surface area contributed by atoms with E-state index in [0.29, 0.717) is 0 Å². The third kappa shape index (κ3) is 2.06. The minimum absolute atomic E-state index is 0.0416. The summed E-state index contributed by atoms with van der Waals surface area (Å²) in [6, 6.07) is 0. The predicted octanol–water partition coefficient (Wildman–Crippen LogP) is 1.91. The van der Waals surface area contributed by atoms with Crippen LogP contribution in [-0.2, 0) is 9.59 Å². The molecule has 0 spiro atoms. The van der Waals surface area contributed by atoms with Gasteiger partial charge in [-0.2, -0.15) is 0 Å². The monoisotopic (exact) mass is 211 g/mol. The van der Waals surface area contributed by atoms with E-state index < -0.39 is 5.54 Å². The number of Topliss-reactive ketones (excluding diaryl/α,β-unsaturated/α-hetero) is 1. The molecule has 1 N–H and O–H groups in total. The SMILES string of the molecule is CC(=O)N[C@@](C)(C(=O)C(C)C)C1(C)CC1. The summed E-state index contributed by atoms with van der Waals surface area (Å²) in [7, 11) is 0. The van der Waals surface area contributed by atoms with Crippen LogP contribution >= 0.6 is 0 Å². The Morgan fingerprint density at radius 2 is 1.80 bits per heavy atom. The zero-order chi connectivity index (χ0) is 11.9. The van der Waals surface area contributed by atoms with E-state index in [9.17, 15) is 9.59 Å². The summed E-state index contributed by atoms with van der Waals surface area (Å²) < 4.78 is 0. The second kappa shape index (κ2) is 3.62. The summed E-state index contributed by atoms with van der Waals surface area (Å²) in [5, 5.41) is 2.85. The molecule has 1 amide bonds. The van der Waals surface area contributed by atoms with Gasteiger partial charge >= 0.3 is 0 Å². The highest BCUT2D eigenvalue weighted by atomic mass is 16.2. The topological polar surface area (TPSA) is 46.2 Å². The number of carbonyl (C=O) groups is 2. The van der Waals surface area contributed by atoms with Gasteiger partial charge in [0.1, 0.15) is 5.54 Å². The Hall–Kier alpha value is -0.860. The first-order valence-corrected chi connectivity index (χ1v) is 5.56. The molecule has 1 rings (SSSR count). The molecule has 0 unspecified atom stereocenters. The normalized spacial score (nSPS) is 22.0. The maximum absolute atomic E-state index is 12.2. The van der Waals surface area contributed by atoms with Gasteiger partial charge in [0.15, 0.2) is 5.78 Å². The molecule has 3 nitrogen and oxygen atoms in total. The fourth-order valence-electron chi connectivity index (χ4n) is 2.13. The average molecular weight is 211 g/mol. The van der Waals surface area contributed by atoms with Crippen LogP contribution < -0.4 is 5.32 Å². The van der Waals surface area contributed by atoms with Crippen molar-refractivity contribution in [2.75, 3.05) is 0 Å². The largest absolute Gasteiger partial charge is 0.344 e. The van der Waals surface area contributed by atoms with Gasteiger partial charge in [-0.05, 0) is 25.2 Å². The van der Waals surface area contributed by atoms with Gasteiger partial charge in [0, 0.05) is 12.8 Å². The highest BCUT2D eigenvalue weighted by molar-refractivity contribution is 5.94. The first-order valence-electron chi connectivity index (χ1n) is 5.56. The number of hydrogen-bond acceptors (Lipinski definition) is 2. The van der Waals surface area contributed by atoms with Crippen LogP contribution in [0, 0.1) is 11.3 Å². The maximum Gasteiger partial charge on any atom is 0.217 e. The Balaban J connectivity index is 2.96. The number of hydrogen-bond donors (Lipinski definition) is 1. The van der Waals surface area contributed by atoms with Crippen LogP contribution in [0.4, 0.5) is 0 Å². The van der Waals surface area contributed by atoms with Crippen LogP contribution in [-0.4, -0.2) is 17.2 Å². The third-order valence-electron chi connectivity index (χ3n) is 3.65. The van der Waals surface area contributed by atoms with Crippen LogP contribution in [0.25, 0.3) is 0 Å². The molecule has 1 saturated carbocycles. The molecule has 0 aliphatic heterocycles. The Labute approximate surface area is 91.6 Å². The van der Waals surface area contributed by atoms with Crippen molar-refractivity contribution in [2.24, 2.45) is 11.3 Å². The summed E-state index contributed by atoms with van der Waals surface area (Å²) >= 11 is 0. The van der Waals surface area contributed by atoms with E-state index in [1.807, 2.05) is 20.8 Å². The molecule has 1 aliphatic rings. The number of rotatable bonds is 4. The highest BCUT2D eigenvalue weighted by Crippen LogP contribution is 2.54. The highest BCUT2D eigenvalue weighted by Gasteiger charge is 2.57. The molecule has 1 fully saturated rings. The van der Waals surface area contributed by atoms with Gasteiger partial charge in [0.2, 0.25) is 5.91 Å². The number of ketones is 1. The minimum atomic E-state index is -0.687. The minimum Gasteiger partial charge on any atom is -0.344 e. The van der Waals surface area contributed by atoms with E-state index in [4.69, 9.17) is 0 Å². The van der Waals surface area contributed by atoms with Crippen molar-refractivity contribution < 1.29 is 9.59 Å². The predicted molar refractivity (Wildman–Crippen MR) is 59.4 cm³/mol. The molecule has 15 heavy (non-hydrogen) atoms. The first kappa shape index (κ1) is 12.2. The molecule has 1 aliphatic carbocycles. The van der Waals surface area contributed by atoms with Crippen molar-refractivity contribution in [1.82, 2.24) is 5.32 Å². The van der Waals surface area contributed by atoms with Crippen molar-refractivity contribution in [1.29, 1.82) is 0 Å². The van der Waals surface area contributed by atoms with E-state index in [0.717, 1.165) is 12.8 Å². The van der Waals surface area contributed by atoms with Crippen LogP contribution in [0.15, 0.2) is 0 Å². The molecule has 0 radical (unpaired) electrons. The van der Waals surface area contributed by atoms with Gasteiger partial charge in [-0.25, -0.2) is 0 Å². The summed E-state index contributed by atoms with van der Waals surface area (Å²) in [6.07, 6.45) is 2.03. The van der Waals surface area contributed by atoms with Crippen molar-refractivity contribution >= 4 is 11.7 Å². The molecule has 0 bridgehead atoms. The van der Waals surface area contributed by atoms with Gasteiger partial charge in [-0.15, -0.1) is 0 Å². The van der Waals surface area contributed by atoms with E-state index in [1.165, 1.54) is 6.92 Å². The first-order chi connectivity index (χ1) is 6.73. The maximum atomic E-state index is 12.2. The molecule has 0 aromatic heterocycles. The van der Waals surface area contributed by atoms with E-state index in [1.54, 1.807) is 0 Å². The lowest BCUT2D eigenvalue weighted by molar-refractivity contribution is -0.135. The Kier molecular flexibility index (Phi) is 2.94. The summed E-state index contributed by atoms with van der Waals surface area (Å²) in [5.41, 5.74) is -0.729. The fourth-order valence-corrected chi connectivity index (χ4v) is 2.13. The lowest BCUT2D eigenvalue weighted by Crippen LogP contribution is -2.58. The number of amides is 1. The second-order valence-corrected chi connectivity index (χ2v) is 5.39. The Bertz CT molecular complexity index is 292. The lowest BCUT2D eigenvalue weighted by atomic mass is 9.76. The number of carbonyl (C=O) groups excluding carboxylic acids is 2. The molecule has 0 heterocycles. The van der Waals surface area contributed by atoms with Gasteiger partial charge < -0.3 is 5.32 Å². The van der Waals surface area contributed by atoms with Gasteiger partial charge in [0.05, 0.1) is 0 Å². The summed E-state index contributed by atoms with van der Waals surface area (Å²) in [5.74, 6) is -0.0309. The third-order valence-corrected chi connectivity index (χ3v) is 3.65. The Morgan fingerprint density at radius 1 is 1.33 bits per heavy atom. The number of nitrogens with one attached hydrogen (secondary N) is 1. The van der Waals surface area contributed by atoms with E-state index in [2.05, 4.69) is 12.2 Å². The average Bonchev–Trinajstić information content (AvgIpc) is 2.82.